The molecule has 5 nitrogen and oxygen atoms in total. The molecule has 0 spiro atoms. The minimum Gasteiger partial charge on any atom is -0.369 e. The SMILES string of the molecule is CC(C)N(/C=C(/C#N)C(=O)N1CCN(c2ccc(F)cc2)CC1)Cc1ccccc1. The number of rotatable bonds is 6. The molecule has 0 aromatic heterocycles. The van der Waals surface area contributed by atoms with Gasteiger partial charge in [0.1, 0.15) is 17.5 Å². The number of nitrogens with zero attached hydrogens (tertiary/aromatic N) is 4. The third-order valence-electron chi connectivity index (χ3n) is 5.28. The van der Waals surface area contributed by atoms with E-state index in [4.69, 9.17) is 0 Å². The second-order valence-corrected chi connectivity index (χ2v) is 7.66. The van der Waals surface area contributed by atoms with Gasteiger partial charge in [0.15, 0.2) is 0 Å². The number of hydrogen-bond donors (Lipinski definition) is 0. The van der Waals surface area contributed by atoms with Gasteiger partial charge in [-0.05, 0) is 43.7 Å². The number of carbonyl (C=O) groups is 1. The Morgan fingerprint density at radius 1 is 1.10 bits per heavy atom. The van der Waals surface area contributed by atoms with Crippen LogP contribution >= 0.6 is 0 Å². The van der Waals surface area contributed by atoms with Gasteiger partial charge in [0.25, 0.3) is 5.91 Å². The van der Waals surface area contributed by atoms with E-state index in [1.807, 2.05) is 49.1 Å². The van der Waals surface area contributed by atoms with E-state index in [1.54, 1.807) is 23.2 Å². The van der Waals surface area contributed by atoms with Gasteiger partial charge in [0, 0.05) is 50.7 Å². The van der Waals surface area contributed by atoms with Gasteiger partial charge >= 0.3 is 0 Å². The highest BCUT2D eigenvalue weighted by Crippen LogP contribution is 2.18. The highest BCUT2D eigenvalue weighted by Gasteiger charge is 2.24. The zero-order valence-corrected chi connectivity index (χ0v) is 17.5. The molecule has 0 radical (unpaired) electrons. The number of halogens is 1. The molecule has 30 heavy (non-hydrogen) atoms. The first-order valence-electron chi connectivity index (χ1n) is 10.2. The van der Waals surface area contributed by atoms with E-state index < -0.39 is 0 Å². The fourth-order valence-electron chi connectivity index (χ4n) is 3.46. The number of benzene rings is 2. The first-order valence-corrected chi connectivity index (χ1v) is 10.2. The van der Waals surface area contributed by atoms with Gasteiger partial charge in [-0.1, -0.05) is 30.3 Å². The van der Waals surface area contributed by atoms with Crippen molar-refractivity contribution in [3.05, 3.63) is 77.8 Å². The lowest BCUT2D eigenvalue weighted by atomic mass is 10.1. The summed E-state index contributed by atoms with van der Waals surface area (Å²) in [6.45, 7) is 7.06. The second kappa shape index (κ2) is 9.93. The summed E-state index contributed by atoms with van der Waals surface area (Å²) in [7, 11) is 0. The highest BCUT2D eigenvalue weighted by molar-refractivity contribution is 5.97. The van der Waals surface area contributed by atoms with Crippen molar-refractivity contribution in [3.8, 4) is 6.07 Å². The average molecular weight is 407 g/mol. The van der Waals surface area contributed by atoms with Crippen LogP contribution in [0.5, 0.6) is 0 Å². The molecule has 0 N–H and O–H groups in total. The lowest BCUT2D eigenvalue weighted by Crippen LogP contribution is -2.49. The van der Waals surface area contributed by atoms with Gasteiger partial charge in [-0.3, -0.25) is 4.79 Å². The molecule has 0 unspecified atom stereocenters. The summed E-state index contributed by atoms with van der Waals surface area (Å²) in [5.74, 6) is -0.503. The van der Waals surface area contributed by atoms with Crippen LogP contribution in [0.4, 0.5) is 10.1 Å². The molecule has 0 atom stereocenters. The van der Waals surface area contributed by atoms with Crippen molar-refractivity contribution in [1.29, 1.82) is 5.26 Å². The van der Waals surface area contributed by atoms with Crippen LogP contribution in [0.15, 0.2) is 66.4 Å². The maximum Gasteiger partial charge on any atom is 0.266 e. The number of carbonyl (C=O) groups excluding carboxylic acids is 1. The molecular formula is C24H27FN4O. The Bertz CT molecular complexity index is 910. The van der Waals surface area contributed by atoms with Crippen molar-refractivity contribution in [2.45, 2.75) is 26.4 Å². The maximum atomic E-state index is 13.1. The third kappa shape index (κ3) is 5.38. The van der Waals surface area contributed by atoms with Crippen LogP contribution in [0.3, 0.4) is 0 Å². The first-order chi connectivity index (χ1) is 14.5. The lowest BCUT2D eigenvalue weighted by Gasteiger charge is -2.36. The number of amides is 1. The van der Waals surface area contributed by atoms with E-state index in [-0.39, 0.29) is 23.3 Å². The smallest absolute Gasteiger partial charge is 0.266 e. The Kier molecular flexibility index (Phi) is 7.08. The van der Waals surface area contributed by atoms with Crippen LogP contribution in [0.25, 0.3) is 0 Å². The highest BCUT2D eigenvalue weighted by atomic mass is 19.1. The molecule has 0 bridgehead atoms. The average Bonchev–Trinajstić information content (AvgIpc) is 2.77. The summed E-state index contributed by atoms with van der Waals surface area (Å²) >= 11 is 0. The molecule has 1 amide bonds. The van der Waals surface area contributed by atoms with Gasteiger partial charge in [-0.25, -0.2) is 4.39 Å². The topological polar surface area (TPSA) is 50.6 Å². The predicted octanol–water partition coefficient (Wildman–Crippen LogP) is 3.79. The molecule has 1 saturated heterocycles. The van der Waals surface area contributed by atoms with Crippen LogP contribution in [-0.2, 0) is 11.3 Å². The molecule has 6 heteroatoms. The summed E-state index contributed by atoms with van der Waals surface area (Å²) in [4.78, 5) is 18.8. The van der Waals surface area contributed by atoms with Gasteiger partial charge in [0.2, 0.25) is 0 Å². The minimum atomic E-state index is -0.262. The first kappa shape index (κ1) is 21.4. The largest absolute Gasteiger partial charge is 0.369 e. The normalized spacial score (nSPS) is 14.6. The molecule has 1 fully saturated rings. The summed E-state index contributed by atoms with van der Waals surface area (Å²) in [6.07, 6.45) is 1.69. The van der Waals surface area contributed by atoms with E-state index in [9.17, 15) is 14.4 Å². The fourth-order valence-corrected chi connectivity index (χ4v) is 3.46. The molecule has 0 aliphatic carbocycles. The van der Waals surface area contributed by atoms with E-state index in [0.717, 1.165) is 11.3 Å². The van der Waals surface area contributed by atoms with Crippen molar-refractivity contribution < 1.29 is 9.18 Å². The Labute approximate surface area is 177 Å². The molecule has 156 valence electrons. The second-order valence-electron chi connectivity index (χ2n) is 7.66. The fraction of sp³-hybridized carbons (Fsp3) is 0.333. The van der Waals surface area contributed by atoms with Crippen LogP contribution in [0.1, 0.15) is 19.4 Å². The lowest BCUT2D eigenvalue weighted by molar-refractivity contribution is -0.127. The van der Waals surface area contributed by atoms with E-state index >= 15 is 0 Å². The molecule has 0 saturated carbocycles. The monoisotopic (exact) mass is 406 g/mol. The molecule has 2 aromatic rings. The van der Waals surface area contributed by atoms with E-state index in [1.165, 1.54) is 12.1 Å². The molecule has 1 aliphatic rings. The van der Waals surface area contributed by atoms with Crippen molar-refractivity contribution in [1.82, 2.24) is 9.80 Å². The van der Waals surface area contributed by atoms with E-state index in [0.29, 0.717) is 32.7 Å². The third-order valence-corrected chi connectivity index (χ3v) is 5.28. The Balaban J connectivity index is 1.66. The number of hydrogen-bond acceptors (Lipinski definition) is 4. The zero-order chi connectivity index (χ0) is 21.5. The molecule has 3 rings (SSSR count). The Morgan fingerprint density at radius 3 is 2.30 bits per heavy atom. The molecule has 1 heterocycles. The molecular weight excluding hydrogens is 379 g/mol. The summed E-state index contributed by atoms with van der Waals surface area (Å²) < 4.78 is 13.1. The van der Waals surface area contributed by atoms with Crippen molar-refractivity contribution in [2.24, 2.45) is 0 Å². The summed E-state index contributed by atoms with van der Waals surface area (Å²) in [5, 5.41) is 9.64. The summed E-state index contributed by atoms with van der Waals surface area (Å²) in [5.41, 5.74) is 2.21. The van der Waals surface area contributed by atoms with Gasteiger partial charge in [0.05, 0.1) is 0 Å². The maximum absolute atomic E-state index is 13.1. The number of anilines is 1. The molecule has 1 aliphatic heterocycles. The summed E-state index contributed by atoms with van der Waals surface area (Å²) in [6, 6.07) is 18.6. The van der Waals surface area contributed by atoms with Crippen LogP contribution < -0.4 is 4.90 Å². The van der Waals surface area contributed by atoms with Crippen molar-refractivity contribution >= 4 is 11.6 Å². The Morgan fingerprint density at radius 2 is 1.73 bits per heavy atom. The van der Waals surface area contributed by atoms with Crippen LogP contribution in [-0.4, -0.2) is 47.9 Å². The van der Waals surface area contributed by atoms with Gasteiger partial charge in [-0.2, -0.15) is 5.26 Å². The number of nitriles is 1. The Hall–Kier alpha value is -3.33. The van der Waals surface area contributed by atoms with Crippen molar-refractivity contribution in [2.75, 3.05) is 31.1 Å². The van der Waals surface area contributed by atoms with Crippen molar-refractivity contribution in [3.63, 3.8) is 0 Å². The van der Waals surface area contributed by atoms with Crippen LogP contribution in [0, 0.1) is 17.1 Å². The quantitative estimate of drug-likeness (QED) is 0.541. The van der Waals surface area contributed by atoms with Gasteiger partial charge < -0.3 is 14.7 Å². The van der Waals surface area contributed by atoms with E-state index in [2.05, 4.69) is 11.0 Å². The number of piperazine rings is 1. The standard InChI is InChI=1S/C24H27FN4O/c1-19(2)29(17-20-6-4-3-5-7-20)18-21(16-26)24(30)28-14-12-27(13-15-28)23-10-8-22(25)9-11-23/h3-11,18-19H,12-15,17H2,1-2H3/b21-18-. The molecule has 2 aromatic carbocycles. The van der Waals surface area contributed by atoms with Gasteiger partial charge in [-0.15, -0.1) is 0 Å². The minimum absolute atomic E-state index is 0.148. The predicted molar refractivity (Wildman–Crippen MR) is 116 cm³/mol. The zero-order valence-electron chi connectivity index (χ0n) is 17.5. The van der Waals surface area contributed by atoms with Crippen LogP contribution in [0.2, 0.25) is 0 Å².